The molecular weight excluding hydrogens is 186 g/mol. The summed E-state index contributed by atoms with van der Waals surface area (Å²) in [6.07, 6.45) is -1.09. The van der Waals surface area contributed by atoms with Gasteiger partial charge in [0.1, 0.15) is 0 Å². The van der Waals surface area contributed by atoms with E-state index in [2.05, 4.69) is 24.1 Å². The zero-order valence-corrected chi connectivity index (χ0v) is 8.97. The molecule has 0 amide bonds. The molecule has 1 fully saturated rings. The van der Waals surface area contributed by atoms with Gasteiger partial charge in [-0.3, -0.25) is 0 Å². The normalized spacial score (nSPS) is 24.0. The van der Waals surface area contributed by atoms with Gasteiger partial charge in [-0.15, -0.1) is 0 Å². The average Bonchev–Trinajstić information content (AvgIpc) is 2.52. The Morgan fingerprint density at radius 1 is 1.43 bits per heavy atom. The zero-order valence-electron chi connectivity index (χ0n) is 8.97. The third-order valence-corrected chi connectivity index (χ3v) is 2.78. The van der Waals surface area contributed by atoms with Gasteiger partial charge in [0.2, 0.25) is 0 Å². The summed E-state index contributed by atoms with van der Waals surface area (Å²) in [6.45, 7) is 7.07. The second-order valence-electron chi connectivity index (χ2n) is 4.29. The maximum atomic E-state index is 11.8. The van der Waals surface area contributed by atoms with Crippen molar-refractivity contribution in [2.75, 3.05) is 26.2 Å². The number of hydrogen-bond donors (Lipinski definition) is 1. The molecule has 1 saturated heterocycles. The van der Waals surface area contributed by atoms with Crippen LogP contribution in [0.3, 0.4) is 0 Å². The van der Waals surface area contributed by atoms with Gasteiger partial charge < -0.3 is 10.2 Å². The van der Waals surface area contributed by atoms with Gasteiger partial charge in [0, 0.05) is 12.6 Å². The van der Waals surface area contributed by atoms with E-state index in [1.165, 1.54) is 0 Å². The van der Waals surface area contributed by atoms with Gasteiger partial charge >= 0.3 is 0 Å². The summed E-state index contributed by atoms with van der Waals surface area (Å²) in [5.41, 5.74) is 0. The number of likely N-dealkylation sites (tertiary alicyclic amines) is 1. The lowest BCUT2D eigenvalue weighted by molar-refractivity contribution is 0.144. The van der Waals surface area contributed by atoms with Crippen LogP contribution in [0.4, 0.5) is 8.78 Å². The van der Waals surface area contributed by atoms with Gasteiger partial charge in [0.25, 0.3) is 6.43 Å². The molecule has 0 aromatic heterocycles. The fraction of sp³-hybridized carbons (Fsp3) is 1.00. The Labute approximate surface area is 84.7 Å². The third-order valence-electron chi connectivity index (χ3n) is 2.78. The van der Waals surface area contributed by atoms with Crippen molar-refractivity contribution in [2.45, 2.75) is 32.7 Å². The summed E-state index contributed by atoms with van der Waals surface area (Å²) >= 11 is 0. The van der Waals surface area contributed by atoms with Crippen LogP contribution in [-0.2, 0) is 0 Å². The first-order valence-corrected chi connectivity index (χ1v) is 5.32. The molecule has 2 nitrogen and oxygen atoms in total. The summed E-state index contributed by atoms with van der Waals surface area (Å²) in [6, 6.07) is 0.579. The van der Waals surface area contributed by atoms with Gasteiger partial charge in [-0.25, -0.2) is 8.78 Å². The zero-order chi connectivity index (χ0) is 10.6. The number of rotatable bonds is 5. The molecule has 1 aliphatic heterocycles. The number of alkyl halides is 2. The Bertz CT molecular complexity index is 162. The molecule has 1 heterocycles. The Hall–Kier alpha value is -0.220. The Morgan fingerprint density at radius 2 is 2.14 bits per heavy atom. The Morgan fingerprint density at radius 3 is 2.64 bits per heavy atom. The van der Waals surface area contributed by atoms with Crippen LogP contribution in [0.25, 0.3) is 0 Å². The molecule has 1 unspecified atom stereocenters. The van der Waals surface area contributed by atoms with Crippen molar-refractivity contribution in [2.24, 2.45) is 5.92 Å². The lowest BCUT2D eigenvalue weighted by Gasteiger charge is -2.20. The molecule has 1 atom stereocenters. The third kappa shape index (κ3) is 3.88. The van der Waals surface area contributed by atoms with E-state index in [0.29, 0.717) is 12.0 Å². The smallest absolute Gasteiger partial charge is 0.250 e. The first kappa shape index (κ1) is 11.9. The van der Waals surface area contributed by atoms with Crippen molar-refractivity contribution in [1.29, 1.82) is 0 Å². The largest absolute Gasteiger partial charge is 0.311 e. The minimum Gasteiger partial charge on any atom is -0.311 e. The van der Waals surface area contributed by atoms with Crippen LogP contribution in [0.2, 0.25) is 0 Å². The molecule has 1 aliphatic rings. The minimum absolute atomic E-state index is 0.168. The summed E-state index contributed by atoms with van der Waals surface area (Å²) in [4.78, 5) is 2.40. The first-order valence-electron chi connectivity index (χ1n) is 5.32. The van der Waals surface area contributed by atoms with E-state index in [9.17, 15) is 8.78 Å². The van der Waals surface area contributed by atoms with Gasteiger partial charge in [0.05, 0.1) is 6.54 Å². The van der Waals surface area contributed by atoms with E-state index in [0.717, 1.165) is 26.1 Å². The SMILES string of the molecule is CC(C)N1CCC(CNCC(F)F)C1. The molecule has 4 heteroatoms. The number of halogens is 2. The van der Waals surface area contributed by atoms with Crippen molar-refractivity contribution >= 4 is 0 Å². The second-order valence-corrected chi connectivity index (χ2v) is 4.29. The number of nitrogens with zero attached hydrogens (tertiary/aromatic N) is 1. The highest BCUT2D eigenvalue weighted by Crippen LogP contribution is 2.17. The molecule has 0 bridgehead atoms. The standard InChI is InChI=1S/C10H20F2N2/c1-8(2)14-4-3-9(7-14)5-13-6-10(11)12/h8-10,13H,3-7H2,1-2H3. The number of hydrogen-bond acceptors (Lipinski definition) is 2. The minimum atomic E-state index is -2.22. The quantitative estimate of drug-likeness (QED) is 0.734. The van der Waals surface area contributed by atoms with Crippen molar-refractivity contribution in [3.05, 3.63) is 0 Å². The van der Waals surface area contributed by atoms with Gasteiger partial charge in [0.15, 0.2) is 0 Å². The second kappa shape index (κ2) is 5.61. The lowest BCUT2D eigenvalue weighted by atomic mass is 10.1. The summed E-state index contributed by atoms with van der Waals surface area (Å²) in [5, 5.41) is 2.81. The fourth-order valence-electron chi connectivity index (χ4n) is 1.89. The molecule has 0 aliphatic carbocycles. The number of nitrogens with one attached hydrogen (secondary N) is 1. The van der Waals surface area contributed by atoms with E-state index in [4.69, 9.17) is 0 Å². The van der Waals surface area contributed by atoms with Crippen LogP contribution >= 0.6 is 0 Å². The van der Waals surface area contributed by atoms with Crippen LogP contribution < -0.4 is 5.32 Å². The summed E-state index contributed by atoms with van der Waals surface area (Å²) < 4.78 is 23.7. The lowest BCUT2D eigenvalue weighted by Crippen LogP contribution is -2.32. The highest BCUT2D eigenvalue weighted by Gasteiger charge is 2.23. The van der Waals surface area contributed by atoms with E-state index < -0.39 is 6.43 Å². The van der Waals surface area contributed by atoms with Crippen molar-refractivity contribution in [3.8, 4) is 0 Å². The topological polar surface area (TPSA) is 15.3 Å². The van der Waals surface area contributed by atoms with Crippen LogP contribution in [0.5, 0.6) is 0 Å². The summed E-state index contributed by atoms with van der Waals surface area (Å²) in [7, 11) is 0. The molecule has 14 heavy (non-hydrogen) atoms. The van der Waals surface area contributed by atoms with Crippen LogP contribution in [0.15, 0.2) is 0 Å². The molecule has 1 N–H and O–H groups in total. The molecule has 1 rings (SSSR count). The van der Waals surface area contributed by atoms with Crippen LogP contribution in [-0.4, -0.2) is 43.5 Å². The summed E-state index contributed by atoms with van der Waals surface area (Å²) in [5.74, 6) is 0.552. The molecule has 0 spiro atoms. The van der Waals surface area contributed by atoms with E-state index in [1.54, 1.807) is 0 Å². The monoisotopic (exact) mass is 206 g/mol. The van der Waals surface area contributed by atoms with Crippen molar-refractivity contribution in [1.82, 2.24) is 10.2 Å². The first-order chi connectivity index (χ1) is 6.59. The Kier molecular flexibility index (Phi) is 4.75. The van der Waals surface area contributed by atoms with Gasteiger partial charge in [-0.2, -0.15) is 0 Å². The van der Waals surface area contributed by atoms with Gasteiger partial charge in [-0.1, -0.05) is 0 Å². The highest BCUT2D eigenvalue weighted by atomic mass is 19.3. The fourth-order valence-corrected chi connectivity index (χ4v) is 1.89. The molecule has 84 valence electrons. The molecule has 0 aromatic carbocycles. The van der Waals surface area contributed by atoms with E-state index in [1.807, 2.05) is 0 Å². The van der Waals surface area contributed by atoms with Crippen molar-refractivity contribution in [3.63, 3.8) is 0 Å². The van der Waals surface area contributed by atoms with E-state index in [-0.39, 0.29) is 6.54 Å². The maximum absolute atomic E-state index is 11.8. The highest BCUT2D eigenvalue weighted by molar-refractivity contribution is 4.79. The molecule has 0 radical (unpaired) electrons. The molecular formula is C10H20F2N2. The van der Waals surface area contributed by atoms with Gasteiger partial charge in [-0.05, 0) is 39.3 Å². The molecule has 0 aromatic rings. The van der Waals surface area contributed by atoms with Crippen molar-refractivity contribution < 1.29 is 8.78 Å². The van der Waals surface area contributed by atoms with E-state index >= 15 is 0 Å². The average molecular weight is 206 g/mol. The van der Waals surface area contributed by atoms with Crippen LogP contribution in [0.1, 0.15) is 20.3 Å². The predicted octanol–water partition coefficient (Wildman–Crippen LogP) is 1.57. The predicted molar refractivity (Wildman–Crippen MR) is 53.7 cm³/mol. The molecule has 0 saturated carbocycles. The maximum Gasteiger partial charge on any atom is 0.250 e. The van der Waals surface area contributed by atoms with Crippen LogP contribution in [0, 0.1) is 5.92 Å². The Balaban J connectivity index is 2.10.